The second-order valence-corrected chi connectivity index (χ2v) is 7.39. The van der Waals surface area contributed by atoms with Crippen LogP contribution in [0.2, 0.25) is 0 Å². The van der Waals surface area contributed by atoms with Gasteiger partial charge in [0.1, 0.15) is 6.33 Å². The summed E-state index contributed by atoms with van der Waals surface area (Å²) in [6.07, 6.45) is 9.43. The molecule has 0 radical (unpaired) electrons. The van der Waals surface area contributed by atoms with Crippen LogP contribution < -0.4 is 5.73 Å². The van der Waals surface area contributed by atoms with Gasteiger partial charge < -0.3 is 19.8 Å². The number of carbonyl (C=O) groups excluding carboxylic acids is 1. The highest BCUT2D eigenvalue weighted by molar-refractivity contribution is 6.02. The first-order valence-electron chi connectivity index (χ1n) is 9.86. The number of ether oxygens (including phenoxy) is 2. The molecule has 1 aliphatic rings. The number of hydrogen-bond donors (Lipinski definition) is 1. The molecule has 0 spiro atoms. The molecule has 0 atom stereocenters. The summed E-state index contributed by atoms with van der Waals surface area (Å²) in [5.74, 6) is -0.165. The first-order chi connectivity index (χ1) is 14.1. The van der Waals surface area contributed by atoms with Crippen molar-refractivity contribution < 1.29 is 14.3 Å². The number of primary amides is 1. The average molecular weight is 398 g/mol. The molecule has 0 saturated heterocycles. The summed E-state index contributed by atoms with van der Waals surface area (Å²) in [5.41, 5.74) is 8.21. The van der Waals surface area contributed by atoms with Gasteiger partial charge in [-0.3, -0.25) is 9.36 Å². The summed E-state index contributed by atoms with van der Waals surface area (Å²) in [5, 5.41) is 0. The van der Waals surface area contributed by atoms with E-state index in [9.17, 15) is 4.79 Å². The zero-order valence-electron chi connectivity index (χ0n) is 16.7. The van der Waals surface area contributed by atoms with Crippen LogP contribution in [0.5, 0.6) is 0 Å². The Bertz CT molecular complexity index is 1000. The van der Waals surface area contributed by atoms with Gasteiger partial charge in [0.15, 0.2) is 5.69 Å². The monoisotopic (exact) mass is 398 g/mol. The molecule has 0 bridgehead atoms. The Morgan fingerprint density at radius 1 is 1.24 bits per heavy atom. The standard InChI is InChI=1S/C20H26N6O3/c1-13-11-22-12-26(13)20-23-16-7-8-25(18(16)17(24-20)19(21)27)14-3-5-15(6-4-14)29-10-9-28-2/h7-8,11-12,14-15H,3-6,9-10H2,1-2H3,(H2,21,27). The minimum Gasteiger partial charge on any atom is -0.382 e. The number of nitrogens with two attached hydrogens (primary N) is 1. The zero-order valence-corrected chi connectivity index (χ0v) is 16.7. The fraction of sp³-hybridized carbons (Fsp3) is 0.500. The fourth-order valence-corrected chi connectivity index (χ4v) is 4.00. The molecule has 3 aromatic rings. The molecule has 0 unspecified atom stereocenters. The molecule has 29 heavy (non-hydrogen) atoms. The first kappa shape index (κ1) is 19.5. The van der Waals surface area contributed by atoms with Crippen molar-refractivity contribution in [1.82, 2.24) is 24.1 Å². The van der Waals surface area contributed by atoms with Crippen LogP contribution in [0, 0.1) is 6.92 Å². The minimum atomic E-state index is -0.562. The molecule has 2 N–H and O–H groups in total. The molecule has 3 aromatic heterocycles. The summed E-state index contributed by atoms with van der Waals surface area (Å²) in [4.78, 5) is 25.4. The lowest BCUT2D eigenvalue weighted by molar-refractivity contribution is -0.00620. The zero-order chi connectivity index (χ0) is 20.4. The molecule has 0 aromatic carbocycles. The minimum absolute atomic E-state index is 0.238. The lowest BCUT2D eigenvalue weighted by Crippen LogP contribution is -2.25. The van der Waals surface area contributed by atoms with E-state index in [1.807, 2.05) is 19.2 Å². The Hall–Kier alpha value is -2.78. The van der Waals surface area contributed by atoms with Crippen LogP contribution in [0.25, 0.3) is 17.0 Å². The molecule has 9 heteroatoms. The van der Waals surface area contributed by atoms with Gasteiger partial charge in [-0.05, 0) is 38.7 Å². The Morgan fingerprint density at radius 3 is 2.69 bits per heavy atom. The van der Waals surface area contributed by atoms with Gasteiger partial charge in [-0.15, -0.1) is 0 Å². The average Bonchev–Trinajstić information content (AvgIpc) is 3.34. The van der Waals surface area contributed by atoms with Crippen molar-refractivity contribution in [3.8, 4) is 5.95 Å². The molecular weight excluding hydrogens is 372 g/mol. The molecular formula is C20H26N6O3. The van der Waals surface area contributed by atoms with E-state index in [1.54, 1.807) is 24.2 Å². The summed E-state index contributed by atoms with van der Waals surface area (Å²) in [6, 6.07) is 2.18. The van der Waals surface area contributed by atoms with E-state index in [1.165, 1.54) is 0 Å². The molecule has 1 fully saturated rings. The third kappa shape index (κ3) is 3.88. The van der Waals surface area contributed by atoms with Crippen molar-refractivity contribution >= 4 is 16.9 Å². The van der Waals surface area contributed by atoms with E-state index in [-0.39, 0.29) is 17.8 Å². The normalized spacial score (nSPS) is 19.7. The van der Waals surface area contributed by atoms with Gasteiger partial charge in [-0.2, -0.15) is 0 Å². The van der Waals surface area contributed by atoms with Crippen molar-refractivity contribution in [2.45, 2.75) is 44.8 Å². The van der Waals surface area contributed by atoms with Gasteiger partial charge >= 0.3 is 0 Å². The largest absolute Gasteiger partial charge is 0.382 e. The molecule has 1 aliphatic carbocycles. The van der Waals surface area contributed by atoms with Crippen LogP contribution in [0.15, 0.2) is 24.8 Å². The summed E-state index contributed by atoms with van der Waals surface area (Å²) < 4.78 is 14.8. The van der Waals surface area contributed by atoms with Gasteiger partial charge in [0.05, 0.1) is 30.4 Å². The maximum absolute atomic E-state index is 12.2. The number of carbonyl (C=O) groups is 1. The SMILES string of the molecule is COCCOC1CCC(n2ccc3nc(-n4cncc4C)nc(C(N)=O)c32)CC1. The van der Waals surface area contributed by atoms with Crippen LogP contribution in [0.4, 0.5) is 0 Å². The van der Waals surface area contributed by atoms with Crippen molar-refractivity contribution in [3.05, 3.63) is 36.2 Å². The summed E-state index contributed by atoms with van der Waals surface area (Å²) >= 11 is 0. The molecule has 0 aliphatic heterocycles. The Morgan fingerprint density at radius 2 is 2.03 bits per heavy atom. The number of aromatic nitrogens is 5. The Kier molecular flexibility index (Phi) is 5.59. The van der Waals surface area contributed by atoms with Gasteiger partial charge in [0.2, 0.25) is 5.95 Å². The topological polar surface area (TPSA) is 110 Å². The number of imidazole rings is 1. The van der Waals surface area contributed by atoms with Gasteiger partial charge in [0, 0.05) is 31.2 Å². The van der Waals surface area contributed by atoms with Crippen molar-refractivity contribution in [1.29, 1.82) is 0 Å². The second-order valence-electron chi connectivity index (χ2n) is 7.39. The van der Waals surface area contributed by atoms with Gasteiger partial charge in [-0.1, -0.05) is 0 Å². The maximum atomic E-state index is 12.2. The predicted molar refractivity (Wildman–Crippen MR) is 107 cm³/mol. The third-order valence-corrected chi connectivity index (χ3v) is 5.50. The number of hydrogen-bond acceptors (Lipinski definition) is 6. The molecule has 3 heterocycles. The highest BCUT2D eigenvalue weighted by atomic mass is 16.5. The van der Waals surface area contributed by atoms with E-state index in [0.717, 1.165) is 31.4 Å². The second kappa shape index (κ2) is 8.30. The predicted octanol–water partition coefficient (Wildman–Crippen LogP) is 2.17. The molecule has 4 rings (SSSR count). The number of aryl methyl sites for hydroxylation is 1. The molecule has 9 nitrogen and oxygen atoms in total. The Balaban J connectivity index is 1.62. The van der Waals surface area contributed by atoms with Crippen LogP contribution in [-0.2, 0) is 9.47 Å². The van der Waals surface area contributed by atoms with Crippen LogP contribution in [0.1, 0.15) is 47.9 Å². The summed E-state index contributed by atoms with van der Waals surface area (Å²) in [6.45, 7) is 3.14. The van der Waals surface area contributed by atoms with E-state index >= 15 is 0 Å². The number of rotatable bonds is 7. The number of amides is 1. The number of nitrogens with zero attached hydrogens (tertiary/aromatic N) is 5. The molecule has 1 saturated carbocycles. The Labute approximate surface area is 168 Å². The van der Waals surface area contributed by atoms with Gasteiger partial charge in [0.25, 0.3) is 5.91 Å². The van der Waals surface area contributed by atoms with E-state index < -0.39 is 5.91 Å². The summed E-state index contributed by atoms with van der Waals surface area (Å²) in [7, 11) is 1.68. The number of methoxy groups -OCH3 is 1. The van der Waals surface area contributed by atoms with E-state index in [2.05, 4.69) is 19.5 Å². The lowest BCUT2D eigenvalue weighted by Gasteiger charge is -2.30. The van der Waals surface area contributed by atoms with Crippen molar-refractivity contribution in [2.75, 3.05) is 20.3 Å². The van der Waals surface area contributed by atoms with E-state index in [4.69, 9.17) is 15.2 Å². The third-order valence-electron chi connectivity index (χ3n) is 5.50. The van der Waals surface area contributed by atoms with Crippen LogP contribution in [0.3, 0.4) is 0 Å². The number of fused-ring (bicyclic) bond motifs is 1. The highest BCUT2D eigenvalue weighted by Crippen LogP contribution is 2.33. The van der Waals surface area contributed by atoms with Crippen LogP contribution >= 0.6 is 0 Å². The van der Waals surface area contributed by atoms with Crippen molar-refractivity contribution in [3.63, 3.8) is 0 Å². The smallest absolute Gasteiger partial charge is 0.269 e. The highest BCUT2D eigenvalue weighted by Gasteiger charge is 2.26. The molecule has 1 amide bonds. The first-order valence-corrected chi connectivity index (χ1v) is 9.86. The van der Waals surface area contributed by atoms with Crippen molar-refractivity contribution in [2.24, 2.45) is 5.73 Å². The molecule has 154 valence electrons. The fourth-order valence-electron chi connectivity index (χ4n) is 4.00. The van der Waals surface area contributed by atoms with Gasteiger partial charge in [-0.25, -0.2) is 15.0 Å². The maximum Gasteiger partial charge on any atom is 0.269 e. The quantitative estimate of drug-likeness (QED) is 0.611. The lowest BCUT2D eigenvalue weighted by atomic mass is 9.92. The van der Waals surface area contributed by atoms with Crippen LogP contribution in [-0.4, -0.2) is 56.4 Å². The van der Waals surface area contributed by atoms with E-state index in [0.29, 0.717) is 30.2 Å².